The number of hydrogen-bond donors (Lipinski definition) is 1. The van der Waals surface area contributed by atoms with Gasteiger partial charge in [-0.3, -0.25) is 9.59 Å². The molecule has 1 aliphatic carbocycles. The Hall–Kier alpha value is -2.22. The van der Waals surface area contributed by atoms with E-state index in [9.17, 15) is 22.4 Å². The Bertz CT molecular complexity index is 955. The molecule has 2 heterocycles. The van der Waals surface area contributed by atoms with Crippen LogP contribution in [-0.4, -0.2) is 48.7 Å². The highest BCUT2D eigenvalue weighted by atomic mass is 32.2. The van der Waals surface area contributed by atoms with Gasteiger partial charge in [-0.1, -0.05) is 18.6 Å². The van der Waals surface area contributed by atoms with Crippen molar-refractivity contribution in [1.82, 2.24) is 10.2 Å². The molecule has 8 heteroatoms. The van der Waals surface area contributed by atoms with Crippen LogP contribution < -0.4 is 5.32 Å². The molecule has 2 amide bonds. The molecule has 2 fully saturated rings. The van der Waals surface area contributed by atoms with Crippen LogP contribution >= 0.6 is 0 Å². The molecule has 4 rings (SSSR count). The van der Waals surface area contributed by atoms with Gasteiger partial charge >= 0.3 is 0 Å². The number of rotatable bonds is 5. The lowest BCUT2D eigenvalue weighted by Crippen LogP contribution is -2.37. The third-order valence-corrected chi connectivity index (χ3v) is 7.83. The maximum atomic E-state index is 13.2. The number of carbonyl (C=O) groups excluding carboxylic acids is 2. The first-order valence-corrected chi connectivity index (χ1v) is 11.9. The summed E-state index contributed by atoms with van der Waals surface area (Å²) in [6, 6.07) is 5.75. The Kier molecular flexibility index (Phi) is 5.46. The van der Waals surface area contributed by atoms with Gasteiger partial charge in [0.15, 0.2) is 9.84 Å². The average Bonchev–Trinajstić information content (AvgIpc) is 3.15. The molecule has 29 heavy (non-hydrogen) atoms. The summed E-state index contributed by atoms with van der Waals surface area (Å²) in [5.74, 6) is -0.679. The number of nitrogens with zero attached hydrogens (tertiary/aromatic N) is 1. The Balaban J connectivity index is 1.47. The topological polar surface area (TPSA) is 83.6 Å². The molecule has 2 aliphatic heterocycles. The van der Waals surface area contributed by atoms with Gasteiger partial charge in [0.05, 0.1) is 24.0 Å². The van der Waals surface area contributed by atoms with E-state index in [4.69, 9.17) is 0 Å². The lowest BCUT2D eigenvalue weighted by molar-refractivity contribution is -0.129. The monoisotopic (exact) mass is 420 g/mol. The van der Waals surface area contributed by atoms with Crippen LogP contribution in [-0.2, 0) is 26.0 Å². The Morgan fingerprint density at radius 1 is 1.17 bits per heavy atom. The van der Waals surface area contributed by atoms with Crippen LogP contribution in [0.4, 0.5) is 4.39 Å². The molecule has 156 valence electrons. The second-order valence-corrected chi connectivity index (χ2v) is 10.4. The van der Waals surface area contributed by atoms with Crippen molar-refractivity contribution in [1.29, 1.82) is 0 Å². The molecule has 1 saturated heterocycles. The lowest BCUT2D eigenvalue weighted by Gasteiger charge is -2.30. The van der Waals surface area contributed by atoms with Gasteiger partial charge in [-0.25, -0.2) is 12.8 Å². The molecule has 0 aromatic heterocycles. The highest BCUT2D eigenvalue weighted by Gasteiger charge is 2.40. The van der Waals surface area contributed by atoms with E-state index in [-0.39, 0.29) is 47.6 Å². The van der Waals surface area contributed by atoms with Crippen molar-refractivity contribution in [3.63, 3.8) is 0 Å². The van der Waals surface area contributed by atoms with Gasteiger partial charge in [0.25, 0.3) is 5.91 Å². The second kappa shape index (κ2) is 7.89. The zero-order valence-corrected chi connectivity index (χ0v) is 17.0. The fraction of sp³-hybridized carbons (Fsp3) is 0.524. The molecule has 3 aliphatic rings. The molecule has 0 radical (unpaired) electrons. The van der Waals surface area contributed by atoms with E-state index in [1.54, 1.807) is 17.0 Å². The van der Waals surface area contributed by atoms with E-state index >= 15 is 0 Å². The minimum absolute atomic E-state index is 0.00374. The van der Waals surface area contributed by atoms with Gasteiger partial charge in [0.2, 0.25) is 5.91 Å². The van der Waals surface area contributed by atoms with Crippen LogP contribution in [0, 0.1) is 5.82 Å². The van der Waals surface area contributed by atoms with E-state index < -0.39 is 9.84 Å². The van der Waals surface area contributed by atoms with Crippen LogP contribution in [0.1, 0.15) is 44.1 Å². The van der Waals surface area contributed by atoms with Gasteiger partial charge in [0, 0.05) is 18.2 Å². The van der Waals surface area contributed by atoms with E-state index in [1.165, 1.54) is 12.1 Å². The number of hydrogen-bond acceptors (Lipinski definition) is 4. The Morgan fingerprint density at radius 3 is 2.62 bits per heavy atom. The predicted octanol–water partition coefficient (Wildman–Crippen LogP) is 2.10. The van der Waals surface area contributed by atoms with Gasteiger partial charge in [0.1, 0.15) is 5.82 Å². The average molecular weight is 421 g/mol. The fourth-order valence-electron chi connectivity index (χ4n) is 4.65. The molecule has 1 aromatic carbocycles. The molecule has 0 bridgehead atoms. The van der Waals surface area contributed by atoms with Gasteiger partial charge in [-0.2, -0.15) is 0 Å². The summed E-state index contributed by atoms with van der Waals surface area (Å²) in [7, 11) is -3.07. The number of benzene rings is 1. The predicted molar refractivity (Wildman–Crippen MR) is 106 cm³/mol. The minimum Gasteiger partial charge on any atom is -0.352 e. The summed E-state index contributed by atoms with van der Waals surface area (Å²) in [4.78, 5) is 27.5. The molecule has 1 aromatic rings. The number of carbonyl (C=O) groups is 2. The normalized spacial score (nSPS) is 26.0. The van der Waals surface area contributed by atoms with Crippen LogP contribution in [0.5, 0.6) is 0 Å². The number of amides is 2. The van der Waals surface area contributed by atoms with Crippen molar-refractivity contribution in [2.24, 2.45) is 0 Å². The second-order valence-electron chi connectivity index (χ2n) is 8.17. The Labute approximate surface area is 170 Å². The zero-order valence-electron chi connectivity index (χ0n) is 16.2. The summed E-state index contributed by atoms with van der Waals surface area (Å²) < 4.78 is 36.4. The third-order valence-electron chi connectivity index (χ3n) is 6.06. The van der Waals surface area contributed by atoms with E-state index in [0.29, 0.717) is 18.5 Å². The minimum atomic E-state index is -3.07. The lowest BCUT2D eigenvalue weighted by atomic mass is 9.88. The van der Waals surface area contributed by atoms with Crippen LogP contribution in [0.15, 0.2) is 35.4 Å². The van der Waals surface area contributed by atoms with Crippen LogP contribution in [0.3, 0.4) is 0 Å². The molecule has 1 saturated carbocycles. The molecular formula is C21H25FN2O4S. The Morgan fingerprint density at radius 2 is 1.93 bits per heavy atom. The molecule has 1 N–H and O–H groups in total. The first kappa shape index (κ1) is 20.1. The summed E-state index contributed by atoms with van der Waals surface area (Å²) in [6.45, 7) is 0.388. The number of fused-ring (bicyclic) bond motifs is 1. The van der Waals surface area contributed by atoms with Gasteiger partial charge in [-0.15, -0.1) is 0 Å². The zero-order chi connectivity index (χ0) is 20.6. The SMILES string of the molecule is O=C(CC1=C2CCCCC2N(Cc2ccc(F)cc2)C1=O)NC1CCS(=O)(=O)C1. The first-order chi connectivity index (χ1) is 13.8. The quantitative estimate of drug-likeness (QED) is 0.791. The molecule has 2 unspecified atom stereocenters. The van der Waals surface area contributed by atoms with E-state index in [2.05, 4.69) is 5.32 Å². The van der Waals surface area contributed by atoms with Crippen molar-refractivity contribution >= 4 is 21.7 Å². The van der Waals surface area contributed by atoms with E-state index in [0.717, 1.165) is 36.8 Å². The summed E-state index contributed by atoms with van der Waals surface area (Å²) >= 11 is 0. The maximum Gasteiger partial charge on any atom is 0.251 e. The highest BCUT2D eigenvalue weighted by Crippen LogP contribution is 2.38. The van der Waals surface area contributed by atoms with Crippen molar-refractivity contribution in [2.75, 3.05) is 11.5 Å². The standard InChI is InChI=1S/C21H25FN2O4S/c22-15-7-5-14(6-8-15)12-24-19-4-2-1-3-17(19)18(21(24)26)11-20(25)23-16-9-10-29(27,28)13-16/h5-8,16,19H,1-4,9-13H2,(H,23,25). The number of halogens is 1. The van der Waals surface area contributed by atoms with Crippen LogP contribution in [0.2, 0.25) is 0 Å². The summed E-state index contributed by atoms with van der Waals surface area (Å²) in [6.07, 6.45) is 4.11. The number of nitrogens with one attached hydrogen (secondary N) is 1. The van der Waals surface area contributed by atoms with Gasteiger partial charge in [-0.05, 0) is 49.0 Å². The van der Waals surface area contributed by atoms with Crippen molar-refractivity contribution < 1.29 is 22.4 Å². The van der Waals surface area contributed by atoms with Crippen molar-refractivity contribution in [3.8, 4) is 0 Å². The maximum absolute atomic E-state index is 13.2. The van der Waals surface area contributed by atoms with Crippen molar-refractivity contribution in [2.45, 2.75) is 57.2 Å². The largest absolute Gasteiger partial charge is 0.352 e. The number of sulfone groups is 1. The smallest absolute Gasteiger partial charge is 0.251 e. The molecular weight excluding hydrogens is 395 g/mol. The summed E-state index contributed by atoms with van der Waals surface area (Å²) in [5.41, 5.74) is 2.44. The third kappa shape index (κ3) is 4.37. The summed E-state index contributed by atoms with van der Waals surface area (Å²) in [5, 5.41) is 2.78. The molecule has 2 atom stereocenters. The first-order valence-electron chi connectivity index (χ1n) is 10.1. The molecule has 0 spiro atoms. The van der Waals surface area contributed by atoms with Crippen molar-refractivity contribution in [3.05, 3.63) is 46.8 Å². The van der Waals surface area contributed by atoms with E-state index in [1.807, 2.05) is 0 Å². The van der Waals surface area contributed by atoms with Gasteiger partial charge < -0.3 is 10.2 Å². The molecule has 6 nitrogen and oxygen atoms in total. The highest BCUT2D eigenvalue weighted by molar-refractivity contribution is 7.91. The fourth-order valence-corrected chi connectivity index (χ4v) is 6.32. The van der Waals surface area contributed by atoms with Crippen LogP contribution in [0.25, 0.3) is 0 Å².